The number of rotatable bonds is 8. The first-order chi connectivity index (χ1) is 15.0. The third-order valence-electron chi connectivity index (χ3n) is 4.07. The summed E-state index contributed by atoms with van der Waals surface area (Å²) in [5, 5.41) is 14.7. The summed E-state index contributed by atoms with van der Waals surface area (Å²) in [5.41, 5.74) is 4.54. The number of pyridine rings is 1. The van der Waals surface area contributed by atoms with E-state index >= 15 is 0 Å². The van der Waals surface area contributed by atoms with Gasteiger partial charge >= 0.3 is 0 Å². The second-order valence-corrected chi connectivity index (χ2v) is 6.42. The number of benzene rings is 2. The molecule has 0 aliphatic rings. The van der Waals surface area contributed by atoms with Crippen molar-refractivity contribution in [2.24, 2.45) is 5.10 Å². The summed E-state index contributed by atoms with van der Waals surface area (Å²) in [6.45, 7) is 4.14. The fourth-order valence-corrected chi connectivity index (χ4v) is 2.63. The highest BCUT2D eigenvalue weighted by atomic mass is 16.6. The maximum absolute atomic E-state index is 12.2. The number of nitrogens with zero attached hydrogens (tertiary/aromatic N) is 3. The maximum atomic E-state index is 12.2. The fraction of sp³-hybridized carbons (Fsp3) is 0.136. The number of hydrogen-bond acceptors (Lipinski definition) is 7. The zero-order valence-corrected chi connectivity index (χ0v) is 16.9. The van der Waals surface area contributed by atoms with E-state index < -0.39 is 4.92 Å². The van der Waals surface area contributed by atoms with E-state index in [0.29, 0.717) is 29.2 Å². The third-order valence-corrected chi connectivity index (χ3v) is 4.07. The van der Waals surface area contributed by atoms with Crippen molar-refractivity contribution in [1.82, 2.24) is 10.4 Å². The molecule has 0 fully saturated rings. The largest absolute Gasteiger partial charge is 0.490 e. The van der Waals surface area contributed by atoms with Crippen molar-refractivity contribution in [2.75, 3.05) is 6.61 Å². The Labute approximate surface area is 178 Å². The molecular weight excluding hydrogens is 400 g/mol. The minimum absolute atomic E-state index is 0.128. The molecule has 0 radical (unpaired) electrons. The van der Waals surface area contributed by atoms with Gasteiger partial charge in [0.15, 0.2) is 11.5 Å². The molecule has 158 valence electrons. The zero-order valence-electron chi connectivity index (χ0n) is 16.9. The molecule has 0 spiro atoms. The summed E-state index contributed by atoms with van der Waals surface area (Å²) < 4.78 is 11.3. The van der Waals surface area contributed by atoms with Gasteiger partial charge in [-0.3, -0.25) is 14.9 Å². The Kier molecular flexibility index (Phi) is 6.89. The molecule has 9 nitrogen and oxygen atoms in total. The Bertz CT molecular complexity index is 1110. The van der Waals surface area contributed by atoms with Crippen LogP contribution in [0.5, 0.6) is 17.4 Å². The lowest BCUT2D eigenvalue weighted by molar-refractivity contribution is -0.385. The van der Waals surface area contributed by atoms with Crippen molar-refractivity contribution in [3.63, 3.8) is 0 Å². The number of aryl methyl sites for hydroxylation is 1. The number of hydrogen-bond donors (Lipinski definition) is 1. The molecule has 1 aromatic heterocycles. The van der Waals surface area contributed by atoms with E-state index in [1.165, 1.54) is 18.3 Å². The second-order valence-electron chi connectivity index (χ2n) is 6.42. The average Bonchev–Trinajstić information content (AvgIpc) is 2.76. The lowest BCUT2D eigenvalue weighted by Crippen LogP contribution is -2.17. The molecule has 31 heavy (non-hydrogen) atoms. The van der Waals surface area contributed by atoms with E-state index in [1.54, 1.807) is 36.4 Å². The number of aromatic nitrogens is 1. The van der Waals surface area contributed by atoms with Gasteiger partial charge in [0.25, 0.3) is 11.6 Å². The molecule has 0 aliphatic heterocycles. The standard InChI is InChI=1S/C22H20N4O5/c1-3-30-20-12-16(13-24-25-22(27)17-6-4-5-15(2)11-17)7-9-19(20)31-21-10-8-18(14-23-21)26(28)29/h4-14H,3H2,1-2H3,(H,25,27)/b24-13+. The smallest absolute Gasteiger partial charge is 0.287 e. The third kappa shape index (κ3) is 5.86. The molecule has 0 bridgehead atoms. The van der Waals surface area contributed by atoms with Gasteiger partial charge in [-0.15, -0.1) is 0 Å². The van der Waals surface area contributed by atoms with Crippen LogP contribution in [0, 0.1) is 17.0 Å². The minimum Gasteiger partial charge on any atom is -0.490 e. The monoisotopic (exact) mass is 420 g/mol. The summed E-state index contributed by atoms with van der Waals surface area (Å²) in [6.07, 6.45) is 2.61. The van der Waals surface area contributed by atoms with Crippen molar-refractivity contribution in [2.45, 2.75) is 13.8 Å². The van der Waals surface area contributed by atoms with Gasteiger partial charge in [-0.05, 0) is 49.7 Å². The summed E-state index contributed by atoms with van der Waals surface area (Å²) >= 11 is 0. The molecule has 0 saturated carbocycles. The van der Waals surface area contributed by atoms with Crippen LogP contribution in [-0.2, 0) is 0 Å². The van der Waals surface area contributed by atoms with Crippen LogP contribution in [0.25, 0.3) is 0 Å². The van der Waals surface area contributed by atoms with Crippen molar-refractivity contribution >= 4 is 17.8 Å². The van der Waals surface area contributed by atoms with E-state index in [9.17, 15) is 14.9 Å². The summed E-state index contributed by atoms with van der Waals surface area (Å²) in [5.74, 6) is 0.716. The molecule has 9 heteroatoms. The van der Waals surface area contributed by atoms with Crippen LogP contribution < -0.4 is 14.9 Å². The molecule has 1 amide bonds. The predicted molar refractivity (Wildman–Crippen MR) is 115 cm³/mol. The average molecular weight is 420 g/mol. The summed E-state index contributed by atoms with van der Waals surface area (Å²) in [7, 11) is 0. The maximum Gasteiger partial charge on any atom is 0.287 e. The van der Waals surface area contributed by atoms with E-state index in [0.717, 1.165) is 11.8 Å². The van der Waals surface area contributed by atoms with Crippen LogP contribution in [0.1, 0.15) is 28.4 Å². The molecule has 0 atom stereocenters. The molecule has 0 aliphatic carbocycles. The van der Waals surface area contributed by atoms with Crippen LogP contribution in [0.4, 0.5) is 5.69 Å². The first kappa shape index (κ1) is 21.4. The quantitative estimate of drug-likeness (QED) is 0.331. The number of nitrogens with one attached hydrogen (secondary N) is 1. The Hall–Kier alpha value is -4.27. The van der Waals surface area contributed by atoms with Gasteiger partial charge in [0.1, 0.15) is 6.20 Å². The van der Waals surface area contributed by atoms with Crippen molar-refractivity contribution in [1.29, 1.82) is 0 Å². The van der Waals surface area contributed by atoms with Crippen molar-refractivity contribution < 1.29 is 19.2 Å². The highest BCUT2D eigenvalue weighted by Gasteiger charge is 2.11. The molecule has 1 N–H and O–H groups in total. The van der Waals surface area contributed by atoms with Gasteiger partial charge in [-0.2, -0.15) is 5.10 Å². The Morgan fingerprint density at radius 1 is 1.19 bits per heavy atom. The Balaban J connectivity index is 1.71. The number of carbonyl (C=O) groups excluding carboxylic acids is 1. The lowest BCUT2D eigenvalue weighted by atomic mass is 10.1. The van der Waals surface area contributed by atoms with E-state index in [4.69, 9.17) is 9.47 Å². The molecule has 3 aromatic rings. The molecule has 3 rings (SSSR count). The number of ether oxygens (including phenoxy) is 2. The number of nitro groups is 1. The van der Waals surface area contributed by atoms with Gasteiger partial charge in [0, 0.05) is 17.7 Å². The lowest BCUT2D eigenvalue weighted by Gasteiger charge is -2.11. The molecule has 0 saturated heterocycles. The van der Waals surface area contributed by atoms with Crippen LogP contribution in [0.3, 0.4) is 0 Å². The van der Waals surface area contributed by atoms with E-state index in [1.807, 2.05) is 19.9 Å². The molecule has 0 unspecified atom stereocenters. The predicted octanol–water partition coefficient (Wildman–Crippen LogP) is 4.25. The normalized spacial score (nSPS) is 10.6. The van der Waals surface area contributed by atoms with Crippen LogP contribution >= 0.6 is 0 Å². The van der Waals surface area contributed by atoms with E-state index in [-0.39, 0.29) is 17.5 Å². The number of hydrazone groups is 1. The fourth-order valence-electron chi connectivity index (χ4n) is 2.63. The summed E-state index contributed by atoms with van der Waals surface area (Å²) in [4.78, 5) is 26.3. The van der Waals surface area contributed by atoms with Crippen LogP contribution in [0.15, 0.2) is 65.9 Å². The first-order valence-corrected chi connectivity index (χ1v) is 9.41. The molecule has 2 aromatic carbocycles. The van der Waals surface area contributed by atoms with Gasteiger partial charge in [-0.25, -0.2) is 10.4 Å². The molecular formula is C22H20N4O5. The number of amides is 1. The van der Waals surface area contributed by atoms with Gasteiger partial charge in [0.05, 0.1) is 17.7 Å². The highest BCUT2D eigenvalue weighted by Crippen LogP contribution is 2.32. The van der Waals surface area contributed by atoms with Gasteiger partial charge < -0.3 is 9.47 Å². The highest BCUT2D eigenvalue weighted by molar-refractivity contribution is 5.95. The topological polar surface area (TPSA) is 116 Å². The van der Waals surface area contributed by atoms with Crippen LogP contribution in [0.2, 0.25) is 0 Å². The van der Waals surface area contributed by atoms with Crippen molar-refractivity contribution in [3.8, 4) is 17.4 Å². The van der Waals surface area contributed by atoms with E-state index in [2.05, 4.69) is 15.5 Å². The van der Waals surface area contributed by atoms with Gasteiger partial charge in [0.2, 0.25) is 5.88 Å². The van der Waals surface area contributed by atoms with Crippen LogP contribution in [-0.4, -0.2) is 28.6 Å². The number of carbonyl (C=O) groups is 1. The Morgan fingerprint density at radius 2 is 2.03 bits per heavy atom. The first-order valence-electron chi connectivity index (χ1n) is 9.41. The molecule has 1 heterocycles. The minimum atomic E-state index is -0.533. The second kappa shape index (κ2) is 9.97. The Morgan fingerprint density at radius 3 is 2.71 bits per heavy atom. The summed E-state index contributed by atoms with van der Waals surface area (Å²) in [6, 6.07) is 15.0. The van der Waals surface area contributed by atoms with Crippen molar-refractivity contribution in [3.05, 3.63) is 87.6 Å². The SMILES string of the molecule is CCOc1cc(/C=N/NC(=O)c2cccc(C)c2)ccc1Oc1ccc([N+](=O)[O-])cn1. The van der Waals surface area contributed by atoms with Gasteiger partial charge in [-0.1, -0.05) is 17.7 Å². The zero-order chi connectivity index (χ0) is 22.2.